The van der Waals surface area contributed by atoms with Crippen molar-refractivity contribution in [2.75, 3.05) is 11.9 Å². The SMILES string of the molecule is CN(c1ccc(O)cc1)[C@@H](CCC(N)=O)C(=O)O. The predicted molar refractivity (Wildman–Crippen MR) is 66.4 cm³/mol. The first-order valence-corrected chi connectivity index (χ1v) is 5.45. The van der Waals surface area contributed by atoms with Crippen LogP contribution in [0.15, 0.2) is 24.3 Å². The molecule has 1 atom stereocenters. The number of carboxylic acid groups (broad SMARTS) is 1. The predicted octanol–water partition coefficient (Wildman–Crippen LogP) is 0.547. The zero-order chi connectivity index (χ0) is 13.7. The Morgan fingerprint density at radius 1 is 1.33 bits per heavy atom. The van der Waals surface area contributed by atoms with Gasteiger partial charge in [0.15, 0.2) is 0 Å². The third-order valence-corrected chi connectivity index (χ3v) is 2.67. The fraction of sp³-hybridized carbons (Fsp3) is 0.333. The number of primary amides is 1. The summed E-state index contributed by atoms with van der Waals surface area (Å²) in [6.45, 7) is 0. The molecule has 18 heavy (non-hydrogen) atoms. The molecule has 6 nitrogen and oxygen atoms in total. The smallest absolute Gasteiger partial charge is 0.326 e. The van der Waals surface area contributed by atoms with Gasteiger partial charge in [0, 0.05) is 19.2 Å². The summed E-state index contributed by atoms with van der Waals surface area (Å²) in [4.78, 5) is 23.4. The van der Waals surface area contributed by atoms with Gasteiger partial charge in [0.1, 0.15) is 11.8 Å². The van der Waals surface area contributed by atoms with Crippen LogP contribution < -0.4 is 10.6 Å². The Labute approximate surface area is 105 Å². The van der Waals surface area contributed by atoms with E-state index in [9.17, 15) is 9.59 Å². The molecule has 1 aromatic rings. The van der Waals surface area contributed by atoms with E-state index in [-0.39, 0.29) is 18.6 Å². The maximum absolute atomic E-state index is 11.2. The third-order valence-electron chi connectivity index (χ3n) is 2.67. The number of likely N-dealkylation sites (N-methyl/N-ethyl adjacent to an activating group) is 1. The van der Waals surface area contributed by atoms with Gasteiger partial charge in [-0.1, -0.05) is 0 Å². The average Bonchev–Trinajstić information content (AvgIpc) is 2.29. The van der Waals surface area contributed by atoms with Gasteiger partial charge in [-0.2, -0.15) is 0 Å². The topological polar surface area (TPSA) is 104 Å². The van der Waals surface area contributed by atoms with E-state index in [0.717, 1.165) is 0 Å². The van der Waals surface area contributed by atoms with E-state index in [0.29, 0.717) is 5.69 Å². The zero-order valence-electron chi connectivity index (χ0n) is 10.0. The fourth-order valence-corrected chi connectivity index (χ4v) is 1.63. The van der Waals surface area contributed by atoms with Crippen LogP contribution in [0.25, 0.3) is 0 Å². The zero-order valence-corrected chi connectivity index (χ0v) is 10.0. The standard InChI is InChI=1S/C12H16N2O4/c1-14(8-2-4-9(15)5-3-8)10(12(17)18)6-7-11(13)16/h2-5,10,15H,6-7H2,1H3,(H2,13,16)(H,17,18)/t10-/m0/s1. The summed E-state index contributed by atoms with van der Waals surface area (Å²) in [5.74, 6) is -1.44. The highest BCUT2D eigenvalue weighted by Gasteiger charge is 2.23. The number of phenolic OH excluding ortho intramolecular Hbond substituents is 1. The molecule has 0 heterocycles. The molecule has 0 aliphatic carbocycles. The van der Waals surface area contributed by atoms with Gasteiger partial charge in [-0.25, -0.2) is 4.79 Å². The van der Waals surface area contributed by atoms with Gasteiger partial charge in [-0.3, -0.25) is 4.79 Å². The van der Waals surface area contributed by atoms with E-state index in [1.165, 1.54) is 17.0 Å². The molecule has 1 rings (SSSR count). The molecule has 98 valence electrons. The van der Waals surface area contributed by atoms with Crippen LogP contribution in [-0.2, 0) is 9.59 Å². The first kappa shape index (κ1) is 13.8. The number of aliphatic carboxylic acids is 1. The number of phenols is 1. The summed E-state index contributed by atoms with van der Waals surface area (Å²) in [6.07, 6.45) is 0.154. The summed E-state index contributed by atoms with van der Waals surface area (Å²) in [5.41, 5.74) is 5.66. The molecule has 0 saturated carbocycles. The Kier molecular flexibility index (Phi) is 4.53. The molecule has 0 bridgehead atoms. The summed E-state index contributed by atoms with van der Waals surface area (Å²) in [7, 11) is 1.62. The number of hydrogen-bond donors (Lipinski definition) is 3. The number of carbonyl (C=O) groups excluding carboxylic acids is 1. The number of nitrogens with two attached hydrogens (primary N) is 1. The van der Waals surface area contributed by atoms with Gasteiger partial charge in [0.25, 0.3) is 0 Å². The number of amides is 1. The van der Waals surface area contributed by atoms with Gasteiger partial charge in [0.2, 0.25) is 5.91 Å². The fourth-order valence-electron chi connectivity index (χ4n) is 1.63. The van der Waals surface area contributed by atoms with E-state index in [1.807, 2.05) is 0 Å². The van der Waals surface area contributed by atoms with Gasteiger partial charge in [0.05, 0.1) is 0 Å². The van der Waals surface area contributed by atoms with Crippen LogP contribution >= 0.6 is 0 Å². The largest absolute Gasteiger partial charge is 0.508 e. The summed E-state index contributed by atoms with van der Waals surface area (Å²) in [6, 6.07) is 5.32. The van der Waals surface area contributed by atoms with Gasteiger partial charge in [-0.15, -0.1) is 0 Å². The van der Waals surface area contributed by atoms with Crippen LogP contribution in [0.4, 0.5) is 5.69 Å². The monoisotopic (exact) mass is 252 g/mol. The molecular weight excluding hydrogens is 236 g/mol. The lowest BCUT2D eigenvalue weighted by atomic mass is 10.1. The highest BCUT2D eigenvalue weighted by Crippen LogP contribution is 2.20. The van der Waals surface area contributed by atoms with Crippen molar-refractivity contribution in [3.63, 3.8) is 0 Å². The van der Waals surface area contributed by atoms with Crippen LogP contribution in [0.1, 0.15) is 12.8 Å². The first-order chi connectivity index (χ1) is 8.41. The Hall–Kier alpha value is -2.24. The number of aromatic hydroxyl groups is 1. The first-order valence-electron chi connectivity index (χ1n) is 5.45. The lowest BCUT2D eigenvalue weighted by molar-refractivity contribution is -0.138. The number of anilines is 1. The van der Waals surface area contributed by atoms with Crippen LogP contribution in [0.3, 0.4) is 0 Å². The second-order valence-electron chi connectivity index (χ2n) is 3.99. The molecule has 0 saturated heterocycles. The molecule has 4 N–H and O–H groups in total. The molecule has 0 radical (unpaired) electrons. The van der Waals surface area contributed by atoms with Crippen molar-refractivity contribution in [1.82, 2.24) is 0 Å². The normalized spacial score (nSPS) is 11.8. The number of benzene rings is 1. The Morgan fingerprint density at radius 2 is 1.89 bits per heavy atom. The molecule has 0 unspecified atom stereocenters. The lowest BCUT2D eigenvalue weighted by Crippen LogP contribution is -2.39. The summed E-state index contributed by atoms with van der Waals surface area (Å²) < 4.78 is 0. The van der Waals surface area contributed by atoms with Gasteiger partial charge >= 0.3 is 5.97 Å². The molecule has 6 heteroatoms. The quantitative estimate of drug-likeness (QED) is 0.685. The van der Waals surface area contributed by atoms with Crippen molar-refractivity contribution in [3.8, 4) is 5.75 Å². The van der Waals surface area contributed by atoms with Crippen LogP contribution in [0, 0.1) is 0 Å². The van der Waals surface area contributed by atoms with Gasteiger partial charge < -0.3 is 20.8 Å². The number of carboxylic acids is 1. The van der Waals surface area contributed by atoms with Crippen molar-refractivity contribution in [2.24, 2.45) is 5.73 Å². The molecule has 0 fully saturated rings. The van der Waals surface area contributed by atoms with E-state index in [1.54, 1.807) is 19.2 Å². The molecule has 0 aromatic heterocycles. The van der Waals surface area contributed by atoms with Crippen molar-refractivity contribution in [3.05, 3.63) is 24.3 Å². The van der Waals surface area contributed by atoms with Crippen molar-refractivity contribution in [2.45, 2.75) is 18.9 Å². The van der Waals surface area contributed by atoms with Crippen LogP contribution in [-0.4, -0.2) is 35.2 Å². The van der Waals surface area contributed by atoms with E-state index >= 15 is 0 Å². The number of carbonyl (C=O) groups is 2. The Morgan fingerprint density at radius 3 is 2.33 bits per heavy atom. The summed E-state index contributed by atoms with van der Waals surface area (Å²) in [5, 5.41) is 18.3. The number of hydrogen-bond acceptors (Lipinski definition) is 4. The Balaban J connectivity index is 2.81. The maximum atomic E-state index is 11.2. The highest BCUT2D eigenvalue weighted by molar-refractivity contribution is 5.80. The third kappa shape index (κ3) is 3.65. The van der Waals surface area contributed by atoms with Crippen LogP contribution in [0.5, 0.6) is 5.75 Å². The van der Waals surface area contributed by atoms with Crippen molar-refractivity contribution >= 4 is 17.6 Å². The molecule has 0 spiro atoms. The second kappa shape index (κ2) is 5.90. The molecule has 1 aromatic carbocycles. The van der Waals surface area contributed by atoms with Crippen LogP contribution in [0.2, 0.25) is 0 Å². The minimum absolute atomic E-state index is 0.0133. The summed E-state index contributed by atoms with van der Waals surface area (Å²) >= 11 is 0. The number of rotatable bonds is 6. The minimum Gasteiger partial charge on any atom is -0.508 e. The molecule has 0 aliphatic rings. The molecule has 0 aliphatic heterocycles. The van der Waals surface area contributed by atoms with Crippen molar-refractivity contribution < 1.29 is 19.8 Å². The van der Waals surface area contributed by atoms with Gasteiger partial charge in [-0.05, 0) is 30.7 Å². The van der Waals surface area contributed by atoms with E-state index in [2.05, 4.69) is 0 Å². The lowest BCUT2D eigenvalue weighted by Gasteiger charge is -2.26. The maximum Gasteiger partial charge on any atom is 0.326 e. The molecular formula is C12H16N2O4. The molecule has 1 amide bonds. The number of nitrogens with zero attached hydrogens (tertiary/aromatic N) is 1. The Bertz CT molecular complexity index is 430. The van der Waals surface area contributed by atoms with E-state index < -0.39 is 17.9 Å². The minimum atomic E-state index is -1.02. The van der Waals surface area contributed by atoms with Crippen molar-refractivity contribution in [1.29, 1.82) is 0 Å². The highest BCUT2D eigenvalue weighted by atomic mass is 16.4. The van der Waals surface area contributed by atoms with E-state index in [4.69, 9.17) is 15.9 Å². The second-order valence-corrected chi connectivity index (χ2v) is 3.99. The average molecular weight is 252 g/mol.